The maximum absolute atomic E-state index is 12.0. The van der Waals surface area contributed by atoms with E-state index >= 15 is 0 Å². The lowest BCUT2D eigenvalue weighted by molar-refractivity contribution is -0.238. The number of rotatable bonds is 4. The van der Waals surface area contributed by atoms with E-state index in [0.29, 0.717) is 12.3 Å². The lowest BCUT2D eigenvalue weighted by Crippen LogP contribution is -2.61. The molecule has 3 aliphatic rings. The minimum atomic E-state index is -0.253. The zero-order valence-electron chi connectivity index (χ0n) is 11.8. The lowest BCUT2D eigenvalue weighted by Gasteiger charge is -2.45. The summed E-state index contributed by atoms with van der Waals surface area (Å²) in [6.45, 7) is 3.27. The first-order valence-corrected chi connectivity index (χ1v) is 7.32. The highest BCUT2D eigenvalue weighted by Crippen LogP contribution is 2.39. The van der Waals surface area contributed by atoms with Crippen LogP contribution >= 0.6 is 0 Å². The summed E-state index contributed by atoms with van der Waals surface area (Å²) in [6, 6.07) is 0. The Kier molecular flexibility index (Phi) is 2.65. The standard InChI is InChI=1S/C14H20N4O2/c1-16-5-4-15-12(16)8-17-9-14(10-17)6-13(19)18(20-14)7-11-2-3-11/h4-5,11H,2-3,6-10H2,1H3. The van der Waals surface area contributed by atoms with Gasteiger partial charge in [0.15, 0.2) is 0 Å². The molecule has 0 atom stereocenters. The van der Waals surface area contributed by atoms with E-state index in [1.807, 2.05) is 24.0 Å². The fourth-order valence-electron chi connectivity index (χ4n) is 3.15. The first kappa shape index (κ1) is 12.3. The summed E-state index contributed by atoms with van der Waals surface area (Å²) < 4.78 is 2.03. The molecule has 0 N–H and O–H groups in total. The lowest BCUT2D eigenvalue weighted by atomic mass is 9.91. The number of carbonyl (C=O) groups excluding carboxylic acids is 1. The largest absolute Gasteiger partial charge is 0.337 e. The molecule has 2 saturated heterocycles. The van der Waals surface area contributed by atoms with Crippen molar-refractivity contribution in [1.82, 2.24) is 19.5 Å². The van der Waals surface area contributed by atoms with E-state index in [0.717, 1.165) is 32.0 Å². The maximum Gasteiger partial charge on any atom is 0.249 e. The molecule has 3 fully saturated rings. The quantitative estimate of drug-likeness (QED) is 0.806. The Morgan fingerprint density at radius 3 is 2.90 bits per heavy atom. The maximum atomic E-state index is 12.0. The minimum absolute atomic E-state index is 0.161. The molecule has 3 heterocycles. The highest BCUT2D eigenvalue weighted by Gasteiger charge is 2.53. The fraction of sp³-hybridized carbons (Fsp3) is 0.714. The zero-order valence-corrected chi connectivity index (χ0v) is 11.8. The van der Waals surface area contributed by atoms with Crippen LogP contribution in [0.4, 0.5) is 0 Å². The minimum Gasteiger partial charge on any atom is -0.337 e. The summed E-state index contributed by atoms with van der Waals surface area (Å²) in [5, 5.41) is 1.62. The third-order valence-electron chi connectivity index (χ3n) is 4.49. The molecule has 1 amide bonds. The number of carbonyl (C=O) groups is 1. The molecule has 4 rings (SSSR count). The molecule has 6 heteroatoms. The Morgan fingerprint density at radius 1 is 1.45 bits per heavy atom. The number of aryl methyl sites for hydroxylation is 1. The van der Waals surface area contributed by atoms with Crippen LogP contribution in [0, 0.1) is 5.92 Å². The molecule has 1 spiro atoms. The molecule has 20 heavy (non-hydrogen) atoms. The number of imidazole rings is 1. The number of amides is 1. The molecule has 1 aromatic heterocycles. The van der Waals surface area contributed by atoms with E-state index in [9.17, 15) is 4.79 Å². The van der Waals surface area contributed by atoms with Crippen LogP contribution in [0.1, 0.15) is 25.1 Å². The Hall–Kier alpha value is -1.40. The third kappa shape index (κ3) is 2.13. The van der Waals surface area contributed by atoms with Crippen LogP contribution in [0.2, 0.25) is 0 Å². The summed E-state index contributed by atoms with van der Waals surface area (Å²) >= 11 is 0. The van der Waals surface area contributed by atoms with Crippen molar-refractivity contribution in [3.63, 3.8) is 0 Å². The van der Waals surface area contributed by atoms with Gasteiger partial charge in [-0.3, -0.25) is 14.5 Å². The third-order valence-corrected chi connectivity index (χ3v) is 4.49. The van der Waals surface area contributed by atoms with Gasteiger partial charge in [0.2, 0.25) is 5.91 Å². The second-order valence-electron chi connectivity index (χ2n) is 6.45. The highest BCUT2D eigenvalue weighted by molar-refractivity contribution is 5.78. The van der Waals surface area contributed by atoms with Crippen LogP contribution in [-0.4, -0.2) is 50.7 Å². The van der Waals surface area contributed by atoms with Crippen molar-refractivity contribution < 1.29 is 9.63 Å². The molecular weight excluding hydrogens is 256 g/mol. The fourth-order valence-corrected chi connectivity index (χ4v) is 3.15. The van der Waals surface area contributed by atoms with Crippen LogP contribution in [0.3, 0.4) is 0 Å². The molecule has 1 aromatic rings. The molecule has 0 unspecified atom stereocenters. The van der Waals surface area contributed by atoms with Crippen molar-refractivity contribution in [3.05, 3.63) is 18.2 Å². The van der Waals surface area contributed by atoms with E-state index < -0.39 is 0 Å². The smallest absolute Gasteiger partial charge is 0.249 e. The van der Waals surface area contributed by atoms with Crippen molar-refractivity contribution in [3.8, 4) is 0 Å². The normalized spacial score (nSPS) is 25.4. The predicted octanol–water partition coefficient (Wildman–Crippen LogP) is 0.548. The Labute approximate surface area is 118 Å². The van der Waals surface area contributed by atoms with Gasteiger partial charge in [-0.2, -0.15) is 0 Å². The number of aromatic nitrogens is 2. The average Bonchev–Trinajstić information content (AvgIpc) is 3.00. The molecule has 0 aromatic carbocycles. The van der Waals surface area contributed by atoms with Gasteiger partial charge in [-0.15, -0.1) is 0 Å². The van der Waals surface area contributed by atoms with Gasteiger partial charge in [-0.25, -0.2) is 10.0 Å². The number of hydrogen-bond acceptors (Lipinski definition) is 4. The van der Waals surface area contributed by atoms with E-state index in [2.05, 4.69) is 9.88 Å². The van der Waals surface area contributed by atoms with E-state index in [4.69, 9.17) is 4.84 Å². The molecular formula is C14H20N4O2. The van der Waals surface area contributed by atoms with Crippen LogP contribution in [0.5, 0.6) is 0 Å². The summed E-state index contributed by atoms with van der Waals surface area (Å²) in [4.78, 5) is 24.6. The van der Waals surface area contributed by atoms with Gasteiger partial charge in [0.05, 0.1) is 19.5 Å². The van der Waals surface area contributed by atoms with Crippen molar-refractivity contribution in [2.24, 2.45) is 13.0 Å². The van der Waals surface area contributed by atoms with Gasteiger partial charge in [-0.1, -0.05) is 0 Å². The van der Waals surface area contributed by atoms with E-state index in [1.165, 1.54) is 12.8 Å². The average molecular weight is 276 g/mol. The van der Waals surface area contributed by atoms with Crippen LogP contribution < -0.4 is 0 Å². The van der Waals surface area contributed by atoms with Crippen molar-refractivity contribution in [1.29, 1.82) is 0 Å². The number of hydrogen-bond donors (Lipinski definition) is 0. The van der Waals surface area contributed by atoms with E-state index in [1.54, 1.807) is 5.06 Å². The van der Waals surface area contributed by atoms with Gasteiger partial charge < -0.3 is 4.57 Å². The van der Waals surface area contributed by atoms with Crippen molar-refractivity contribution in [2.45, 2.75) is 31.4 Å². The summed E-state index contributed by atoms with van der Waals surface area (Å²) in [5.41, 5.74) is -0.253. The molecule has 1 aliphatic carbocycles. The van der Waals surface area contributed by atoms with Crippen molar-refractivity contribution in [2.75, 3.05) is 19.6 Å². The highest BCUT2D eigenvalue weighted by atomic mass is 16.7. The molecule has 1 saturated carbocycles. The summed E-state index contributed by atoms with van der Waals surface area (Å²) in [7, 11) is 2.00. The molecule has 6 nitrogen and oxygen atoms in total. The zero-order chi connectivity index (χ0) is 13.7. The van der Waals surface area contributed by atoms with Crippen LogP contribution in [0.15, 0.2) is 12.4 Å². The van der Waals surface area contributed by atoms with Gasteiger partial charge in [-0.05, 0) is 18.8 Å². The summed E-state index contributed by atoms with van der Waals surface area (Å²) in [6.07, 6.45) is 6.79. The van der Waals surface area contributed by atoms with Gasteiger partial charge in [0.25, 0.3) is 0 Å². The first-order chi connectivity index (χ1) is 9.63. The van der Waals surface area contributed by atoms with Crippen molar-refractivity contribution >= 4 is 5.91 Å². The van der Waals surface area contributed by atoms with Crippen LogP contribution in [-0.2, 0) is 23.2 Å². The van der Waals surface area contributed by atoms with Crippen LogP contribution in [0.25, 0.3) is 0 Å². The summed E-state index contributed by atoms with van der Waals surface area (Å²) in [5.74, 6) is 1.89. The Balaban J connectivity index is 1.33. The van der Waals surface area contributed by atoms with Gasteiger partial charge >= 0.3 is 0 Å². The molecule has 0 radical (unpaired) electrons. The Morgan fingerprint density at radius 2 is 2.25 bits per heavy atom. The number of likely N-dealkylation sites (tertiary alicyclic amines) is 1. The van der Waals surface area contributed by atoms with Gasteiger partial charge in [0.1, 0.15) is 11.4 Å². The van der Waals surface area contributed by atoms with Gasteiger partial charge in [0, 0.05) is 32.5 Å². The SMILES string of the molecule is Cn1ccnc1CN1CC2(CC(=O)N(CC3CC3)O2)C1. The topological polar surface area (TPSA) is 50.6 Å². The predicted molar refractivity (Wildman–Crippen MR) is 71.4 cm³/mol. The number of nitrogens with zero attached hydrogens (tertiary/aromatic N) is 4. The van der Waals surface area contributed by atoms with E-state index in [-0.39, 0.29) is 11.5 Å². The second-order valence-corrected chi connectivity index (χ2v) is 6.45. The molecule has 2 aliphatic heterocycles. The first-order valence-electron chi connectivity index (χ1n) is 7.32. The molecule has 0 bridgehead atoms. The Bertz CT molecular complexity index is 531. The molecule has 108 valence electrons. The monoisotopic (exact) mass is 276 g/mol. The second kappa shape index (κ2) is 4.30. The number of hydroxylamine groups is 2.